The molecule has 0 fully saturated rings. The topological polar surface area (TPSA) is 205 Å². The molecule has 0 aliphatic carbocycles. The molecular weight excluding hydrogens is 731 g/mol. The van der Waals surface area contributed by atoms with Gasteiger partial charge >= 0.3 is 0 Å². The number of hydrogen-bond donors (Lipinski definition) is 5. The quantitative estimate of drug-likeness (QED) is 0.0374. The lowest BCUT2D eigenvalue weighted by atomic mass is 9.91. The summed E-state index contributed by atoms with van der Waals surface area (Å²) in [5, 5.41) is 6.13. The molecule has 0 heterocycles. The molecule has 338 valence electrons. The fraction of sp³-hybridized carbons (Fsp3) is 0.872. The monoisotopic (exact) mass is 820 g/mol. The zero-order chi connectivity index (χ0) is 43.1. The van der Waals surface area contributed by atoms with Gasteiger partial charge in [0.15, 0.2) is 0 Å². The van der Waals surface area contributed by atoms with E-state index in [1.807, 2.05) is 0 Å². The van der Waals surface area contributed by atoms with E-state index in [0.717, 1.165) is 122 Å². The summed E-state index contributed by atoms with van der Waals surface area (Å²) < 4.78 is 0. The average Bonchev–Trinajstić information content (AvgIpc) is 3.19. The van der Waals surface area contributed by atoms with Gasteiger partial charge in [0.05, 0.1) is 0 Å². The Bertz CT molecular complexity index is 1090. The smallest absolute Gasteiger partial charge is 0.223 e. The normalized spacial score (nSPS) is 12.8. The van der Waals surface area contributed by atoms with Crippen LogP contribution in [0.3, 0.4) is 0 Å². The molecule has 0 aromatic rings. The van der Waals surface area contributed by atoms with Crippen molar-refractivity contribution in [1.29, 1.82) is 0 Å². The molecule has 0 aromatic heterocycles. The van der Waals surface area contributed by atoms with Gasteiger partial charge in [-0.15, -0.1) is 0 Å². The number of carbonyl (C=O) groups is 6. The Balaban J connectivity index is 4.35. The van der Waals surface area contributed by atoms with Crippen molar-refractivity contribution in [3.05, 3.63) is 0 Å². The van der Waals surface area contributed by atoms with Gasteiger partial charge in [-0.05, 0) is 97.2 Å². The molecule has 0 bridgehead atoms. The maximum atomic E-state index is 13.1. The van der Waals surface area contributed by atoms with Crippen molar-refractivity contribution in [3.8, 4) is 0 Å². The Labute approximate surface area is 354 Å². The fourth-order valence-corrected chi connectivity index (χ4v) is 7.61. The Kier molecular flexibility index (Phi) is 38.2. The highest BCUT2D eigenvalue weighted by molar-refractivity contribution is 5.88. The molecule has 3 atom stereocenters. The van der Waals surface area contributed by atoms with Crippen LogP contribution in [0.5, 0.6) is 0 Å². The second-order valence-corrected chi connectivity index (χ2v) is 16.9. The van der Waals surface area contributed by atoms with Crippen LogP contribution in [0, 0.1) is 17.8 Å². The Hall–Kier alpha value is -2.50. The number of rotatable bonds is 44. The minimum Gasteiger partial charge on any atom is -0.356 e. The van der Waals surface area contributed by atoms with Gasteiger partial charge in [0.2, 0.25) is 11.8 Å². The van der Waals surface area contributed by atoms with Gasteiger partial charge in [0, 0.05) is 69.4 Å². The molecule has 0 aromatic carbocycles. The fourth-order valence-electron chi connectivity index (χ4n) is 7.61. The molecule has 0 saturated carbocycles. The summed E-state index contributed by atoms with van der Waals surface area (Å²) >= 11 is 0. The molecule has 2 amide bonds. The zero-order valence-corrected chi connectivity index (χ0v) is 37.4. The number of nitrogens with two attached hydrogens (primary N) is 3. The van der Waals surface area contributed by atoms with Gasteiger partial charge in [0.1, 0.15) is 23.1 Å². The van der Waals surface area contributed by atoms with Gasteiger partial charge in [0.25, 0.3) is 0 Å². The van der Waals surface area contributed by atoms with Crippen molar-refractivity contribution in [3.63, 3.8) is 0 Å². The first-order chi connectivity index (χ1) is 28.1. The van der Waals surface area contributed by atoms with E-state index in [1.165, 1.54) is 25.7 Å². The lowest BCUT2D eigenvalue weighted by Gasteiger charge is -2.16. The highest BCUT2D eigenvalue weighted by atomic mass is 16.2. The molecule has 11 heteroatoms. The van der Waals surface area contributed by atoms with Crippen molar-refractivity contribution < 1.29 is 28.8 Å². The van der Waals surface area contributed by atoms with Crippen LogP contribution in [-0.2, 0) is 28.8 Å². The maximum Gasteiger partial charge on any atom is 0.223 e. The second-order valence-electron chi connectivity index (χ2n) is 16.9. The van der Waals surface area contributed by atoms with Gasteiger partial charge < -0.3 is 27.8 Å². The summed E-state index contributed by atoms with van der Waals surface area (Å²) in [6, 6.07) is 0. The maximum absolute atomic E-state index is 13.1. The summed E-state index contributed by atoms with van der Waals surface area (Å²) in [6.07, 6.45) is 25.6. The predicted molar refractivity (Wildman–Crippen MR) is 238 cm³/mol. The molecule has 8 N–H and O–H groups in total. The van der Waals surface area contributed by atoms with E-state index in [4.69, 9.17) is 17.2 Å². The summed E-state index contributed by atoms with van der Waals surface area (Å²) in [7, 11) is 0. The van der Waals surface area contributed by atoms with Crippen molar-refractivity contribution in [1.82, 2.24) is 10.6 Å². The van der Waals surface area contributed by atoms with Crippen molar-refractivity contribution >= 4 is 34.9 Å². The second kappa shape index (κ2) is 39.9. The first-order valence-corrected chi connectivity index (χ1v) is 23.8. The van der Waals surface area contributed by atoms with E-state index < -0.39 is 0 Å². The molecule has 3 unspecified atom stereocenters. The molecule has 0 radical (unpaired) electrons. The zero-order valence-electron chi connectivity index (χ0n) is 37.4. The Morgan fingerprint density at radius 1 is 0.397 bits per heavy atom. The third-order valence-electron chi connectivity index (χ3n) is 11.4. The van der Waals surface area contributed by atoms with Crippen molar-refractivity contribution in [2.45, 2.75) is 213 Å². The SMILES string of the molecule is CCCCCCCCC(=O)CC(CCCCN)C(=O)NCCCCCCCC(=O)CC(CCCCN)C(=O)NCCCCCCCC(=O)CC(CCCCN)C(C)=O. The number of ketones is 4. The summed E-state index contributed by atoms with van der Waals surface area (Å²) in [6.45, 7) is 6.71. The molecular formula is C47H89N5O6. The Morgan fingerprint density at radius 2 is 0.707 bits per heavy atom. The molecule has 58 heavy (non-hydrogen) atoms. The molecule has 11 nitrogen and oxygen atoms in total. The van der Waals surface area contributed by atoms with Crippen LogP contribution in [0.15, 0.2) is 0 Å². The average molecular weight is 820 g/mol. The van der Waals surface area contributed by atoms with Crippen molar-refractivity contribution in [2.75, 3.05) is 32.7 Å². The van der Waals surface area contributed by atoms with E-state index in [9.17, 15) is 28.8 Å². The molecule has 0 aliphatic rings. The van der Waals surface area contributed by atoms with Crippen LogP contribution in [0.4, 0.5) is 0 Å². The van der Waals surface area contributed by atoms with Crippen LogP contribution in [-0.4, -0.2) is 67.7 Å². The number of hydrogen-bond acceptors (Lipinski definition) is 9. The number of carbonyl (C=O) groups excluding carboxylic acids is 6. The molecule has 0 rings (SSSR count). The van der Waals surface area contributed by atoms with E-state index in [-0.39, 0.29) is 59.1 Å². The van der Waals surface area contributed by atoms with E-state index >= 15 is 0 Å². The van der Waals surface area contributed by atoms with Gasteiger partial charge in [-0.2, -0.15) is 0 Å². The van der Waals surface area contributed by atoms with E-state index in [2.05, 4.69) is 17.6 Å². The lowest BCUT2D eigenvalue weighted by Crippen LogP contribution is -2.33. The van der Waals surface area contributed by atoms with Crippen LogP contribution >= 0.6 is 0 Å². The lowest BCUT2D eigenvalue weighted by molar-refractivity contribution is -0.129. The minimum atomic E-state index is -0.326. The largest absolute Gasteiger partial charge is 0.356 e. The first kappa shape index (κ1) is 55.5. The van der Waals surface area contributed by atoms with Crippen LogP contribution < -0.4 is 27.8 Å². The summed E-state index contributed by atoms with van der Waals surface area (Å²) in [5.41, 5.74) is 16.9. The number of amides is 2. The number of Topliss-reactive ketones (excluding diaryl/α,β-unsaturated/α-hetero) is 4. The third kappa shape index (κ3) is 33.3. The highest BCUT2D eigenvalue weighted by Crippen LogP contribution is 2.20. The third-order valence-corrected chi connectivity index (χ3v) is 11.4. The summed E-state index contributed by atoms with van der Waals surface area (Å²) in [4.78, 5) is 75.9. The van der Waals surface area contributed by atoms with Gasteiger partial charge in [-0.1, -0.05) is 96.8 Å². The van der Waals surface area contributed by atoms with Crippen LogP contribution in [0.2, 0.25) is 0 Å². The Morgan fingerprint density at radius 3 is 1.05 bits per heavy atom. The van der Waals surface area contributed by atoms with Crippen LogP contribution in [0.1, 0.15) is 213 Å². The number of unbranched alkanes of at least 4 members (excludes halogenated alkanes) is 16. The first-order valence-electron chi connectivity index (χ1n) is 23.8. The van der Waals surface area contributed by atoms with E-state index in [0.29, 0.717) is 77.7 Å². The van der Waals surface area contributed by atoms with E-state index in [1.54, 1.807) is 6.92 Å². The summed E-state index contributed by atoms with van der Waals surface area (Å²) in [5.74, 6) is -0.272. The highest BCUT2D eigenvalue weighted by Gasteiger charge is 2.23. The molecule has 0 aliphatic heterocycles. The molecule has 0 saturated heterocycles. The number of nitrogens with one attached hydrogen (secondary N) is 2. The van der Waals surface area contributed by atoms with Gasteiger partial charge in [-0.3, -0.25) is 28.8 Å². The van der Waals surface area contributed by atoms with Crippen LogP contribution in [0.25, 0.3) is 0 Å². The standard InChI is InChI=1S/C47H89N5O6/c1-3-4-5-6-9-14-29-44(55)37-41(26-18-21-32-49)46(57)52-35-24-13-8-11-16-30-45(56)38-42(27-19-22-33-50)47(58)51-34-23-12-7-10-15-28-43(54)36-40(39(2)53)25-17-20-31-48/h40-42H,3-38,48-50H2,1-2H3,(H,51,58)(H,52,57). The minimum absolute atomic E-state index is 0.0178. The van der Waals surface area contributed by atoms with Gasteiger partial charge in [-0.25, -0.2) is 0 Å². The molecule has 0 spiro atoms. The predicted octanol–water partition coefficient (Wildman–Crippen LogP) is 8.35. The van der Waals surface area contributed by atoms with Crippen molar-refractivity contribution in [2.24, 2.45) is 35.0 Å².